The number of rotatable bonds is 3. The molecule has 0 atom stereocenters. The summed E-state index contributed by atoms with van der Waals surface area (Å²) in [6.07, 6.45) is 2.15. The predicted octanol–water partition coefficient (Wildman–Crippen LogP) is 3.52. The quantitative estimate of drug-likeness (QED) is 0.769. The van der Waals surface area contributed by atoms with Crippen molar-refractivity contribution in [3.05, 3.63) is 70.0 Å². The van der Waals surface area contributed by atoms with Gasteiger partial charge in [-0.15, -0.1) is 5.10 Å². The Bertz CT molecular complexity index is 840. The van der Waals surface area contributed by atoms with Gasteiger partial charge in [0.25, 0.3) is 0 Å². The maximum absolute atomic E-state index is 4.05. The lowest BCUT2D eigenvalue weighted by molar-refractivity contribution is 0.862. The molecule has 1 aliphatic heterocycles. The molecule has 2 heterocycles. The molecule has 2 aromatic carbocycles. The van der Waals surface area contributed by atoms with E-state index in [2.05, 4.69) is 96.1 Å². The Balaban J connectivity index is 1.69. The molecule has 0 saturated carbocycles. The van der Waals surface area contributed by atoms with E-state index in [1.165, 1.54) is 16.8 Å². The summed E-state index contributed by atoms with van der Waals surface area (Å²) >= 11 is 3.48. The molecule has 0 spiro atoms. The number of halogens is 1. The van der Waals surface area contributed by atoms with Gasteiger partial charge >= 0.3 is 0 Å². The summed E-state index contributed by atoms with van der Waals surface area (Å²) in [7, 11) is 0. The van der Waals surface area contributed by atoms with Crippen LogP contribution in [0.15, 0.2) is 53.0 Å². The van der Waals surface area contributed by atoms with Crippen LogP contribution >= 0.6 is 15.9 Å². The van der Waals surface area contributed by atoms with Gasteiger partial charge in [0.1, 0.15) is 0 Å². The number of para-hydroxylation sites is 1. The molecule has 0 bridgehead atoms. The molecular formula is C17H14BrN5. The average Bonchev–Trinajstić information content (AvgIpc) is 3.11. The largest absolute Gasteiger partial charge is 0.362 e. The molecule has 0 unspecified atom stereocenters. The highest BCUT2D eigenvalue weighted by Gasteiger charge is 2.20. The third kappa shape index (κ3) is 2.90. The van der Waals surface area contributed by atoms with Crippen LogP contribution in [-0.2, 0) is 6.54 Å². The second-order valence-electron chi connectivity index (χ2n) is 5.46. The zero-order valence-electron chi connectivity index (χ0n) is 12.3. The van der Waals surface area contributed by atoms with Gasteiger partial charge in [0.05, 0.1) is 0 Å². The van der Waals surface area contributed by atoms with E-state index in [9.17, 15) is 0 Å². The van der Waals surface area contributed by atoms with Crippen LogP contribution in [0.2, 0.25) is 0 Å². The van der Waals surface area contributed by atoms with Crippen LogP contribution in [-0.4, -0.2) is 27.2 Å². The lowest BCUT2D eigenvalue weighted by Gasteiger charge is -2.30. The molecule has 23 heavy (non-hydrogen) atoms. The highest BCUT2D eigenvalue weighted by Crippen LogP contribution is 2.32. The Kier molecular flexibility index (Phi) is 3.67. The smallest absolute Gasteiger partial charge is 0.177 e. The van der Waals surface area contributed by atoms with Crippen LogP contribution in [0.4, 0.5) is 5.69 Å². The monoisotopic (exact) mass is 367 g/mol. The molecule has 5 nitrogen and oxygen atoms in total. The Morgan fingerprint density at radius 3 is 2.70 bits per heavy atom. The normalized spacial score (nSPS) is 13.6. The first kappa shape index (κ1) is 14.1. The number of nitrogens with one attached hydrogen (secondary N) is 1. The number of aromatic amines is 1. The molecule has 0 aliphatic carbocycles. The number of H-pyrrole nitrogens is 1. The summed E-state index contributed by atoms with van der Waals surface area (Å²) in [5.74, 6) is 0.723. The second kappa shape index (κ2) is 5.96. The molecule has 1 aromatic heterocycles. The molecule has 0 radical (unpaired) electrons. The van der Waals surface area contributed by atoms with Crippen molar-refractivity contribution in [2.45, 2.75) is 6.54 Å². The van der Waals surface area contributed by atoms with E-state index < -0.39 is 0 Å². The van der Waals surface area contributed by atoms with Gasteiger partial charge in [0.2, 0.25) is 0 Å². The van der Waals surface area contributed by atoms with Gasteiger partial charge < -0.3 is 4.90 Å². The van der Waals surface area contributed by atoms with Gasteiger partial charge in [-0.3, -0.25) is 0 Å². The average molecular weight is 368 g/mol. The van der Waals surface area contributed by atoms with Crippen molar-refractivity contribution in [3.63, 3.8) is 0 Å². The number of aromatic nitrogens is 4. The van der Waals surface area contributed by atoms with Crippen LogP contribution in [0, 0.1) is 0 Å². The fourth-order valence-electron chi connectivity index (χ4n) is 2.81. The molecular weight excluding hydrogens is 354 g/mol. The Morgan fingerprint density at radius 2 is 1.91 bits per heavy atom. The number of benzene rings is 2. The number of tetrazole rings is 1. The number of hydrogen-bond acceptors (Lipinski definition) is 4. The maximum Gasteiger partial charge on any atom is 0.177 e. The van der Waals surface area contributed by atoms with Gasteiger partial charge in [-0.25, -0.2) is 5.10 Å². The van der Waals surface area contributed by atoms with E-state index in [0.29, 0.717) is 0 Å². The first-order valence-electron chi connectivity index (χ1n) is 7.33. The minimum absolute atomic E-state index is 0.723. The van der Waals surface area contributed by atoms with E-state index >= 15 is 0 Å². The molecule has 0 amide bonds. The van der Waals surface area contributed by atoms with E-state index in [-0.39, 0.29) is 0 Å². The van der Waals surface area contributed by atoms with Crippen LogP contribution in [0.25, 0.3) is 11.6 Å². The van der Waals surface area contributed by atoms with Gasteiger partial charge in [0.15, 0.2) is 5.82 Å². The third-order valence-corrected chi connectivity index (χ3v) is 4.43. The number of anilines is 1. The predicted molar refractivity (Wildman–Crippen MR) is 93.7 cm³/mol. The van der Waals surface area contributed by atoms with Crippen molar-refractivity contribution < 1.29 is 0 Å². The molecule has 114 valence electrons. The van der Waals surface area contributed by atoms with Crippen LogP contribution < -0.4 is 4.90 Å². The summed E-state index contributed by atoms with van der Waals surface area (Å²) in [4.78, 5) is 2.34. The van der Waals surface area contributed by atoms with Crippen molar-refractivity contribution in [3.8, 4) is 0 Å². The first-order chi connectivity index (χ1) is 11.3. The minimum Gasteiger partial charge on any atom is -0.362 e. The highest BCUT2D eigenvalue weighted by molar-refractivity contribution is 9.10. The Hall–Kier alpha value is -2.47. The fraction of sp³-hybridized carbons (Fsp3) is 0.118. The maximum atomic E-state index is 4.05. The lowest BCUT2D eigenvalue weighted by atomic mass is 10.0. The molecule has 6 heteroatoms. The van der Waals surface area contributed by atoms with Crippen molar-refractivity contribution in [2.24, 2.45) is 0 Å². The van der Waals surface area contributed by atoms with Gasteiger partial charge in [-0.05, 0) is 45.8 Å². The Labute approximate surface area is 142 Å². The fourth-order valence-corrected chi connectivity index (χ4v) is 3.08. The topological polar surface area (TPSA) is 57.7 Å². The van der Waals surface area contributed by atoms with Crippen molar-refractivity contribution in [1.82, 2.24) is 20.6 Å². The highest BCUT2D eigenvalue weighted by atomic mass is 79.9. The molecule has 1 N–H and O–H groups in total. The standard InChI is InChI=1S/C17H14BrN5/c18-15-7-5-12(6-8-15)10-23-11-14(17-19-21-22-20-17)9-13-3-1-2-4-16(13)23/h1-9H,10-11H2,(H,19,20,21,22). The summed E-state index contributed by atoms with van der Waals surface area (Å²) in [5.41, 5.74) is 4.76. The molecule has 1 aliphatic rings. The zero-order valence-corrected chi connectivity index (χ0v) is 13.9. The summed E-state index contributed by atoms with van der Waals surface area (Å²) in [6.45, 7) is 1.60. The SMILES string of the molecule is Brc1ccc(CN2CC(c3nnn[nH]3)=Cc3ccccc32)cc1. The first-order valence-corrected chi connectivity index (χ1v) is 8.12. The van der Waals surface area contributed by atoms with Gasteiger partial charge in [-0.1, -0.05) is 46.3 Å². The van der Waals surface area contributed by atoms with Crippen LogP contribution in [0.5, 0.6) is 0 Å². The summed E-state index contributed by atoms with van der Waals surface area (Å²) in [6, 6.07) is 16.8. The van der Waals surface area contributed by atoms with Crippen LogP contribution in [0.1, 0.15) is 17.0 Å². The third-order valence-electron chi connectivity index (χ3n) is 3.90. The minimum atomic E-state index is 0.723. The number of hydrogen-bond donors (Lipinski definition) is 1. The molecule has 0 saturated heterocycles. The second-order valence-corrected chi connectivity index (χ2v) is 6.38. The van der Waals surface area contributed by atoms with Crippen molar-refractivity contribution >= 4 is 33.3 Å². The lowest BCUT2D eigenvalue weighted by Crippen LogP contribution is -2.28. The summed E-state index contributed by atoms with van der Waals surface area (Å²) < 4.78 is 1.09. The van der Waals surface area contributed by atoms with E-state index in [1.807, 2.05) is 0 Å². The Morgan fingerprint density at radius 1 is 1.09 bits per heavy atom. The van der Waals surface area contributed by atoms with E-state index in [4.69, 9.17) is 0 Å². The zero-order chi connectivity index (χ0) is 15.6. The van der Waals surface area contributed by atoms with Crippen molar-refractivity contribution in [2.75, 3.05) is 11.4 Å². The van der Waals surface area contributed by atoms with Crippen molar-refractivity contribution in [1.29, 1.82) is 0 Å². The van der Waals surface area contributed by atoms with E-state index in [1.54, 1.807) is 0 Å². The number of fused-ring (bicyclic) bond motifs is 1. The van der Waals surface area contributed by atoms with Gasteiger partial charge in [-0.2, -0.15) is 0 Å². The van der Waals surface area contributed by atoms with Gasteiger partial charge in [0, 0.05) is 28.8 Å². The van der Waals surface area contributed by atoms with E-state index in [0.717, 1.165) is 29.0 Å². The van der Waals surface area contributed by atoms with Crippen LogP contribution in [0.3, 0.4) is 0 Å². The summed E-state index contributed by atoms with van der Waals surface area (Å²) in [5, 5.41) is 14.3. The molecule has 4 rings (SSSR count). The molecule has 3 aromatic rings. The number of nitrogens with zero attached hydrogens (tertiary/aromatic N) is 4. The molecule has 0 fully saturated rings.